The number of carbonyl (C=O) groups excluding carboxylic acids is 1. The van der Waals surface area contributed by atoms with Crippen molar-refractivity contribution in [1.82, 2.24) is 4.90 Å². The zero-order valence-corrected chi connectivity index (χ0v) is 22.2. The van der Waals surface area contributed by atoms with Crippen molar-refractivity contribution < 1.29 is 14.5 Å². The number of hydrogen-bond donors (Lipinski definition) is 0. The molecule has 0 radical (unpaired) electrons. The predicted octanol–water partition coefficient (Wildman–Crippen LogP) is 5.93. The van der Waals surface area contributed by atoms with Crippen LogP contribution in [0.15, 0.2) is 76.6 Å². The number of non-ortho nitro benzene ring substituents is 1. The fourth-order valence-electron chi connectivity index (χ4n) is 4.22. The average molecular weight is 549 g/mol. The Balaban J connectivity index is 1.21. The number of carbonyl (C=O) groups is 1. The second-order valence-electron chi connectivity index (χ2n) is 8.97. The van der Waals surface area contributed by atoms with Crippen LogP contribution >= 0.6 is 23.4 Å². The highest BCUT2D eigenvalue weighted by Gasteiger charge is 2.29. The molecule has 3 aromatic carbocycles. The predicted molar refractivity (Wildman–Crippen MR) is 152 cm³/mol. The number of hydrogen-bond acceptors (Lipinski definition) is 7. The molecule has 194 valence electrons. The molecule has 1 fully saturated rings. The molecule has 1 amide bonds. The molecule has 0 aliphatic carbocycles. The Hall–Kier alpha value is -3.82. The standard InChI is InChI=1S/C28H25ClN4O4S/c1-19-6-9-23(17-24(19)29)31-12-14-32(15-13-31)28-30-27(34)26(38-28)16-21-4-2-3-5-25(21)37-18-20-7-10-22(11-8-20)33(35)36/h2-11,16-17H,12-15,18H2,1H3/b26-16+. The van der Waals surface area contributed by atoms with Gasteiger partial charge in [-0.15, -0.1) is 0 Å². The maximum absolute atomic E-state index is 12.7. The van der Waals surface area contributed by atoms with Crippen LogP contribution in [-0.4, -0.2) is 47.1 Å². The van der Waals surface area contributed by atoms with E-state index < -0.39 is 4.92 Å². The minimum absolute atomic E-state index is 0.0346. The molecule has 10 heteroatoms. The normalized spacial score (nSPS) is 16.6. The first-order chi connectivity index (χ1) is 18.4. The van der Waals surface area contributed by atoms with Crippen LogP contribution in [0.2, 0.25) is 5.02 Å². The first kappa shape index (κ1) is 25.8. The summed E-state index contributed by atoms with van der Waals surface area (Å²) >= 11 is 7.68. The van der Waals surface area contributed by atoms with Crippen LogP contribution in [-0.2, 0) is 11.4 Å². The summed E-state index contributed by atoms with van der Waals surface area (Å²) in [5.41, 5.74) is 3.77. The molecule has 0 spiro atoms. The summed E-state index contributed by atoms with van der Waals surface area (Å²) in [5, 5.41) is 12.3. The summed E-state index contributed by atoms with van der Waals surface area (Å²) in [6.45, 7) is 5.37. The lowest BCUT2D eigenvalue weighted by Gasteiger charge is -2.36. The first-order valence-corrected chi connectivity index (χ1v) is 13.3. The number of amidine groups is 1. The SMILES string of the molecule is Cc1ccc(N2CCN(C3=NC(=O)/C(=C\c4ccccc4OCc4ccc([N+](=O)[O-])cc4)S3)CC2)cc1Cl. The van der Waals surface area contributed by atoms with E-state index in [1.54, 1.807) is 18.2 Å². The molecule has 1 saturated heterocycles. The molecule has 2 aliphatic rings. The number of halogens is 1. The molecule has 0 atom stereocenters. The van der Waals surface area contributed by atoms with E-state index in [0.717, 1.165) is 53.6 Å². The number of benzene rings is 3. The van der Waals surface area contributed by atoms with Gasteiger partial charge in [0.2, 0.25) is 0 Å². The molecule has 2 heterocycles. The van der Waals surface area contributed by atoms with Crippen LogP contribution in [0.1, 0.15) is 16.7 Å². The number of nitrogens with zero attached hydrogens (tertiary/aromatic N) is 4. The molecule has 0 bridgehead atoms. The fraction of sp³-hybridized carbons (Fsp3) is 0.214. The number of aliphatic imine (C=N–C) groups is 1. The smallest absolute Gasteiger partial charge is 0.286 e. The zero-order chi connectivity index (χ0) is 26.6. The van der Waals surface area contributed by atoms with Gasteiger partial charge in [-0.1, -0.05) is 35.9 Å². The molecule has 3 aromatic rings. The van der Waals surface area contributed by atoms with Crippen molar-refractivity contribution in [1.29, 1.82) is 0 Å². The molecule has 0 N–H and O–H groups in total. The highest BCUT2D eigenvalue weighted by molar-refractivity contribution is 8.18. The van der Waals surface area contributed by atoms with Crippen LogP contribution in [0.3, 0.4) is 0 Å². The van der Waals surface area contributed by atoms with Crippen molar-refractivity contribution in [2.75, 3.05) is 31.1 Å². The van der Waals surface area contributed by atoms with Crippen molar-refractivity contribution in [2.24, 2.45) is 4.99 Å². The van der Waals surface area contributed by atoms with Crippen molar-refractivity contribution in [3.05, 3.63) is 103 Å². The molecule has 2 aliphatic heterocycles. The Labute approximate surface area is 229 Å². The Bertz CT molecular complexity index is 1430. The number of rotatable bonds is 6. The lowest BCUT2D eigenvalue weighted by Crippen LogP contribution is -2.47. The monoisotopic (exact) mass is 548 g/mol. The third kappa shape index (κ3) is 5.84. The maximum Gasteiger partial charge on any atom is 0.286 e. The third-order valence-corrected chi connectivity index (χ3v) is 7.88. The number of aryl methyl sites for hydroxylation is 1. The van der Waals surface area contributed by atoms with Crippen LogP contribution < -0.4 is 9.64 Å². The molecule has 8 nitrogen and oxygen atoms in total. The molecule has 0 unspecified atom stereocenters. The maximum atomic E-state index is 12.7. The van der Waals surface area contributed by atoms with Crippen LogP contribution in [0.25, 0.3) is 6.08 Å². The summed E-state index contributed by atoms with van der Waals surface area (Å²) in [6.07, 6.45) is 1.80. The third-order valence-electron chi connectivity index (χ3n) is 6.43. The number of anilines is 1. The average Bonchev–Trinajstić information content (AvgIpc) is 3.30. The summed E-state index contributed by atoms with van der Waals surface area (Å²) in [4.78, 5) is 32.5. The minimum atomic E-state index is -0.432. The van der Waals surface area contributed by atoms with E-state index in [0.29, 0.717) is 15.8 Å². The minimum Gasteiger partial charge on any atom is -0.488 e. The van der Waals surface area contributed by atoms with Gasteiger partial charge in [0.15, 0.2) is 5.17 Å². The van der Waals surface area contributed by atoms with Crippen molar-refractivity contribution >= 4 is 51.9 Å². The van der Waals surface area contributed by atoms with Crippen LogP contribution in [0.4, 0.5) is 11.4 Å². The number of nitro groups is 1. The number of para-hydroxylation sites is 1. The van der Waals surface area contributed by atoms with E-state index in [9.17, 15) is 14.9 Å². The van der Waals surface area contributed by atoms with Crippen LogP contribution in [0.5, 0.6) is 5.75 Å². The lowest BCUT2D eigenvalue weighted by atomic mass is 10.1. The van der Waals surface area contributed by atoms with E-state index in [1.165, 1.54) is 23.9 Å². The first-order valence-electron chi connectivity index (χ1n) is 12.1. The van der Waals surface area contributed by atoms with Crippen molar-refractivity contribution in [3.63, 3.8) is 0 Å². The van der Waals surface area contributed by atoms with Gasteiger partial charge in [0, 0.05) is 54.6 Å². The highest BCUT2D eigenvalue weighted by Crippen LogP contribution is 2.33. The topological polar surface area (TPSA) is 88.3 Å². The van der Waals surface area contributed by atoms with Gasteiger partial charge in [-0.25, -0.2) is 0 Å². The second kappa shape index (κ2) is 11.3. The number of thioether (sulfide) groups is 1. The summed E-state index contributed by atoms with van der Waals surface area (Å²) in [5.74, 6) is 0.355. The fourth-order valence-corrected chi connectivity index (χ4v) is 5.35. The molecule has 38 heavy (non-hydrogen) atoms. The van der Waals surface area contributed by atoms with E-state index in [-0.39, 0.29) is 18.2 Å². The van der Waals surface area contributed by atoms with Gasteiger partial charge in [0.25, 0.3) is 11.6 Å². The summed E-state index contributed by atoms with van der Waals surface area (Å²) in [7, 11) is 0. The van der Waals surface area contributed by atoms with Crippen molar-refractivity contribution in [2.45, 2.75) is 13.5 Å². The van der Waals surface area contributed by atoms with E-state index >= 15 is 0 Å². The van der Waals surface area contributed by atoms with Gasteiger partial charge in [-0.2, -0.15) is 4.99 Å². The van der Waals surface area contributed by atoms with E-state index in [2.05, 4.69) is 20.9 Å². The van der Waals surface area contributed by atoms with E-state index in [4.69, 9.17) is 16.3 Å². The molecule has 5 rings (SSSR count). The second-order valence-corrected chi connectivity index (χ2v) is 10.4. The van der Waals surface area contributed by atoms with Gasteiger partial charge in [0.1, 0.15) is 12.4 Å². The number of amides is 1. The van der Waals surface area contributed by atoms with Gasteiger partial charge in [-0.05, 0) is 66.2 Å². The van der Waals surface area contributed by atoms with Gasteiger partial charge in [-0.3, -0.25) is 14.9 Å². The van der Waals surface area contributed by atoms with Crippen LogP contribution in [0, 0.1) is 17.0 Å². The Morgan fingerprint density at radius 1 is 1.05 bits per heavy atom. The van der Waals surface area contributed by atoms with Crippen molar-refractivity contribution in [3.8, 4) is 5.75 Å². The summed E-state index contributed by atoms with van der Waals surface area (Å²) in [6, 6.07) is 19.8. The summed E-state index contributed by atoms with van der Waals surface area (Å²) < 4.78 is 5.98. The lowest BCUT2D eigenvalue weighted by molar-refractivity contribution is -0.384. The van der Waals surface area contributed by atoms with Gasteiger partial charge >= 0.3 is 0 Å². The molecular formula is C28H25ClN4O4S. The van der Waals surface area contributed by atoms with Gasteiger partial charge < -0.3 is 14.5 Å². The van der Waals surface area contributed by atoms with E-state index in [1.807, 2.05) is 43.3 Å². The zero-order valence-electron chi connectivity index (χ0n) is 20.7. The number of nitro benzene ring substituents is 1. The Kier molecular flexibility index (Phi) is 7.67. The Morgan fingerprint density at radius 3 is 2.47 bits per heavy atom. The number of piperazine rings is 1. The Morgan fingerprint density at radius 2 is 1.76 bits per heavy atom. The number of ether oxygens (including phenoxy) is 1. The van der Waals surface area contributed by atoms with Gasteiger partial charge in [0.05, 0.1) is 9.83 Å². The largest absolute Gasteiger partial charge is 0.488 e. The molecule has 0 saturated carbocycles. The molecule has 0 aromatic heterocycles. The highest BCUT2D eigenvalue weighted by atomic mass is 35.5. The molecular weight excluding hydrogens is 524 g/mol. The quantitative estimate of drug-likeness (QED) is 0.214.